The third-order valence-corrected chi connectivity index (χ3v) is 1.71. The number of nitrogens with one attached hydrogen (secondary N) is 1. The third-order valence-electron chi connectivity index (χ3n) is 1.71. The maximum absolute atomic E-state index is 11.4. The largest absolute Gasteiger partial charge is 0.395 e. The van der Waals surface area contributed by atoms with E-state index in [9.17, 15) is 4.79 Å². The Morgan fingerprint density at radius 1 is 1.79 bits per heavy atom. The van der Waals surface area contributed by atoms with Crippen molar-refractivity contribution in [1.29, 1.82) is 0 Å². The van der Waals surface area contributed by atoms with Gasteiger partial charge in [0, 0.05) is 19.2 Å². The molecule has 1 aromatic rings. The highest BCUT2D eigenvalue weighted by Gasteiger charge is 2.11. The Morgan fingerprint density at radius 2 is 2.57 bits per heavy atom. The van der Waals surface area contributed by atoms with E-state index in [0.717, 1.165) is 0 Å². The van der Waals surface area contributed by atoms with Gasteiger partial charge in [0.1, 0.15) is 0 Å². The molecule has 0 bridgehead atoms. The molecular weight excluding hydrogens is 186 g/mol. The monoisotopic (exact) mass is 199 g/mol. The summed E-state index contributed by atoms with van der Waals surface area (Å²) in [6.45, 7) is 2.60. The van der Waals surface area contributed by atoms with E-state index in [1.54, 1.807) is 6.07 Å². The van der Waals surface area contributed by atoms with Gasteiger partial charge in [-0.2, -0.15) is 0 Å². The van der Waals surface area contributed by atoms with Crippen LogP contribution in [-0.2, 0) is 0 Å². The van der Waals surface area contributed by atoms with Crippen LogP contribution in [0.1, 0.15) is 6.92 Å². The number of aliphatic hydroxyl groups is 1. The van der Waals surface area contributed by atoms with Crippen molar-refractivity contribution in [2.24, 2.45) is 0 Å². The third kappa shape index (κ3) is 2.74. The number of carbonyl (C=O) groups excluding carboxylic acids is 1. The van der Waals surface area contributed by atoms with Gasteiger partial charge in [0.25, 0.3) is 0 Å². The van der Waals surface area contributed by atoms with Crippen molar-refractivity contribution in [2.75, 3.05) is 25.0 Å². The van der Waals surface area contributed by atoms with Crippen LogP contribution in [0.3, 0.4) is 0 Å². The molecule has 0 aromatic carbocycles. The summed E-state index contributed by atoms with van der Waals surface area (Å²) in [5.74, 6) is 0.298. The van der Waals surface area contributed by atoms with Crippen LogP contribution in [0.2, 0.25) is 0 Å². The average Bonchev–Trinajstić information content (AvgIpc) is 2.66. The van der Waals surface area contributed by atoms with Gasteiger partial charge in [0.2, 0.25) is 5.88 Å². The highest BCUT2D eigenvalue weighted by atomic mass is 16.5. The molecule has 14 heavy (non-hydrogen) atoms. The van der Waals surface area contributed by atoms with E-state index in [0.29, 0.717) is 19.0 Å². The first-order chi connectivity index (χ1) is 6.77. The minimum absolute atomic E-state index is 0.0579. The fraction of sp³-hybridized carbons (Fsp3) is 0.500. The lowest BCUT2D eigenvalue weighted by atomic mass is 10.5. The number of nitrogens with zero attached hydrogens (tertiary/aromatic N) is 2. The second kappa shape index (κ2) is 5.23. The van der Waals surface area contributed by atoms with Gasteiger partial charge in [-0.3, -0.25) is 5.32 Å². The van der Waals surface area contributed by atoms with Crippen molar-refractivity contribution in [2.45, 2.75) is 6.92 Å². The van der Waals surface area contributed by atoms with E-state index in [1.165, 1.54) is 11.1 Å². The zero-order valence-electron chi connectivity index (χ0n) is 7.93. The van der Waals surface area contributed by atoms with Crippen LogP contribution in [0.25, 0.3) is 0 Å². The molecule has 1 rings (SSSR count). The quantitative estimate of drug-likeness (QED) is 0.741. The van der Waals surface area contributed by atoms with Crippen LogP contribution >= 0.6 is 0 Å². The molecule has 0 saturated heterocycles. The number of amides is 2. The Bertz CT molecular complexity index is 273. The Kier molecular flexibility index (Phi) is 3.93. The number of likely N-dealkylation sites (N-methyl/N-ethyl adjacent to an activating group) is 1. The smallest absolute Gasteiger partial charge is 0.324 e. The van der Waals surface area contributed by atoms with E-state index >= 15 is 0 Å². The number of rotatable bonds is 4. The number of anilines is 1. The minimum Gasteiger partial charge on any atom is -0.395 e. The number of hydrogen-bond acceptors (Lipinski definition) is 4. The summed E-state index contributed by atoms with van der Waals surface area (Å²) >= 11 is 0. The lowest BCUT2D eigenvalue weighted by molar-refractivity contribution is 0.191. The van der Waals surface area contributed by atoms with Crippen molar-refractivity contribution in [1.82, 2.24) is 10.1 Å². The summed E-state index contributed by atoms with van der Waals surface area (Å²) < 4.78 is 4.71. The van der Waals surface area contributed by atoms with Gasteiger partial charge in [-0.05, 0) is 6.92 Å². The van der Waals surface area contributed by atoms with Crippen LogP contribution < -0.4 is 5.32 Å². The molecular formula is C8H13N3O3. The second-order valence-electron chi connectivity index (χ2n) is 2.61. The normalized spacial score (nSPS) is 9.86. The Morgan fingerprint density at radius 3 is 3.07 bits per heavy atom. The predicted molar refractivity (Wildman–Crippen MR) is 49.9 cm³/mol. The Labute approximate surface area is 81.5 Å². The first kappa shape index (κ1) is 10.5. The molecule has 0 saturated carbocycles. The molecule has 0 fully saturated rings. The Hall–Kier alpha value is -1.56. The molecule has 2 N–H and O–H groups in total. The van der Waals surface area contributed by atoms with Gasteiger partial charge in [-0.25, -0.2) is 4.79 Å². The van der Waals surface area contributed by atoms with Crippen LogP contribution in [0, 0.1) is 0 Å². The van der Waals surface area contributed by atoms with Gasteiger partial charge in [-0.15, -0.1) is 0 Å². The highest BCUT2D eigenvalue weighted by molar-refractivity contribution is 5.87. The fourth-order valence-corrected chi connectivity index (χ4v) is 0.989. The van der Waals surface area contributed by atoms with Crippen molar-refractivity contribution in [3.8, 4) is 0 Å². The van der Waals surface area contributed by atoms with Gasteiger partial charge in [0.05, 0.1) is 12.8 Å². The zero-order chi connectivity index (χ0) is 10.4. The average molecular weight is 199 g/mol. The fourth-order valence-electron chi connectivity index (χ4n) is 0.989. The van der Waals surface area contributed by atoms with E-state index in [1.807, 2.05) is 6.92 Å². The maximum atomic E-state index is 11.4. The molecule has 78 valence electrons. The molecule has 1 heterocycles. The van der Waals surface area contributed by atoms with Crippen molar-refractivity contribution < 1.29 is 14.4 Å². The topological polar surface area (TPSA) is 78.6 Å². The molecule has 0 unspecified atom stereocenters. The van der Waals surface area contributed by atoms with Gasteiger partial charge in [-0.1, -0.05) is 5.16 Å². The summed E-state index contributed by atoms with van der Waals surface area (Å²) in [6.07, 6.45) is 1.44. The van der Waals surface area contributed by atoms with Gasteiger partial charge < -0.3 is 14.5 Å². The molecule has 0 aliphatic heterocycles. The van der Waals surface area contributed by atoms with E-state index in [-0.39, 0.29) is 12.6 Å². The molecule has 0 atom stereocenters. The van der Waals surface area contributed by atoms with Gasteiger partial charge in [0.15, 0.2) is 0 Å². The van der Waals surface area contributed by atoms with Crippen LogP contribution in [0.15, 0.2) is 16.8 Å². The number of hydrogen-bond donors (Lipinski definition) is 2. The molecule has 0 spiro atoms. The number of aliphatic hydroxyl groups excluding tert-OH is 1. The first-order valence-corrected chi connectivity index (χ1v) is 4.35. The summed E-state index contributed by atoms with van der Waals surface area (Å²) in [4.78, 5) is 12.9. The summed E-state index contributed by atoms with van der Waals surface area (Å²) in [5, 5.41) is 14.6. The van der Waals surface area contributed by atoms with E-state index < -0.39 is 0 Å². The van der Waals surface area contributed by atoms with Gasteiger partial charge >= 0.3 is 6.03 Å². The lowest BCUT2D eigenvalue weighted by Gasteiger charge is -2.18. The minimum atomic E-state index is -0.307. The first-order valence-electron chi connectivity index (χ1n) is 4.35. The van der Waals surface area contributed by atoms with Crippen molar-refractivity contribution in [3.63, 3.8) is 0 Å². The molecule has 1 aromatic heterocycles. The molecule has 0 aliphatic rings. The van der Waals surface area contributed by atoms with Crippen LogP contribution in [0.5, 0.6) is 0 Å². The highest BCUT2D eigenvalue weighted by Crippen LogP contribution is 2.04. The standard InChI is InChI=1S/C8H13N3O3/c1-2-11(5-6-12)8(13)10-7-3-4-9-14-7/h3-4,12H,2,5-6H2,1H3,(H,10,13). The van der Waals surface area contributed by atoms with E-state index in [4.69, 9.17) is 9.63 Å². The molecule has 6 heteroatoms. The lowest BCUT2D eigenvalue weighted by Crippen LogP contribution is -2.36. The van der Waals surface area contributed by atoms with Crippen LogP contribution in [-0.4, -0.2) is 40.9 Å². The van der Waals surface area contributed by atoms with Crippen molar-refractivity contribution in [3.05, 3.63) is 12.3 Å². The van der Waals surface area contributed by atoms with E-state index in [2.05, 4.69) is 10.5 Å². The number of carbonyl (C=O) groups is 1. The summed E-state index contributed by atoms with van der Waals surface area (Å²) in [7, 11) is 0. The summed E-state index contributed by atoms with van der Waals surface area (Å²) in [5.41, 5.74) is 0. The SMILES string of the molecule is CCN(CCO)C(=O)Nc1ccno1. The number of urea groups is 1. The molecule has 2 amide bonds. The van der Waals surface area contributed by atoms with Crippen molar-refractivity contribution >= 4 is 11.9 Å². The van der Waals surface area contributed by atoms with Crippen LogP contribution in [0.4, 0.5) is 10.7 Å². The molecule has 0 aliphatic carbocycles. The molecule has 0 radical (unpaired) electrons. The second-order valence-corrected chi connectivity index (χ2v) is 2.61. The Balaban J connectivity index is 2.47. The zero-order valence-corrected chi connectivity index (χ0v) is 7.93. The summed E-state index contributed by atoms with van der Waals surface area (Å²) in [6, 6.07) is 1.24. The predicted octanol–water partition coefficient (Wildman–Crippen LogP) is 0.521. The maximum Gasteiger partial charge on any atom is 0.324 e. The number of aromatic nitrogens is 1. The molecule has 6 nitrogen and oxygen atoms in total.